The van der Waals surface area contributed by atoms with Crippen LogP contribution in [-0.2, 0) is 12.0 Å². The Hall–Kier alpha value is -0.820. The standard InChI is InChI=1S/C14H23N/c1-5-12-7-9-13(10-8-12)14(15,6-2)11(3)4/h7-11H,5-6,15H2,1-4H3. The zero-order valence-electron chi connectivity index (χ0n) is 10.4. The lowest BCUT2D eigenvalue weighted by atomic mass is 9.78. The Morgan fingerprint density at radius 2 is 1.67 bits per heavy atom. The summed E-state index contributed by atoms with van der Waals surface area (Å²) in [5.41, 5.74) is 8.92. The SMILES string of the molecule is CCc1ccc(C(N)(CC)C(C)C)cc1. The molecule has 1 unspecified atom stereocenters. The van der Waals surface area contributed by atoms with Gasteiger partial charge in [-0.05, 0) is 29.9 Å². The molecule has 0 saturated carbocycles. The van der Waals surface area contributed by atoms with Gasteiger partial charge in [0.2, 0.25) is 0 Å². The molecule has 1 atom stereocenters. The molecular formula is C14H23N. The fourth-order valence-electron chi connectivity index (χ4n) is 2.00. The molecule has 0 heterocycles. The van der Waals surface area contributed by atoms with E-state index in [2.05, 4.69) is 52.0 Å². The van der Waals surface area contributed by atoms with Crippen molar-refractivity contribution >= 4 is 0 Å². The third-order valence-electron chi connectivity index (χ3n) is 3.51. The average molecular weight is 205 g/mol. The summed E-state index contributed by atoms with van der Waals surface area (Å²) < 4.78 is 0. The molecule has 1 nitrogen and oxygen atoms in total. The summed E-state index contributed by atoms with van der Waals surface area (Å²) in [4.78, 5) is 0. The van der Waals surface area contributed by atoms with E-state index < -0.39 is 0 Å². The van der Waals surface area contributed by atoms with Crippen LogP contribution in [0.25, 0.3) is 0 Å². The van der Waals surface area contributed by atoms with Gasteiger partial charge in [-0.25, -0.2) is 0 Å². The van der Waals surface area contributed by atoms with Gasteiger partial charge in [0.1, 0.15) is 0 Å². The molecule has 0 bridgehead atoms. The van der Waals surface area contributed by atoms with E-state index in [0.717, 1.165) is 12.8 Å². The Labute approximate surface area is 93.7 Å². The van der Waals surface area contributed by atoms with Crippen molar-refractivity contribution < 1.29 is 0 Å². The molecule has 0 saturated heterocycles. The molecule has 2 N–H and O–H groups in total. The minimum atomic E-state index is -0.174. The second-order valence-corrected chi connectivity index (χ2v) is 4.60. The molecule has 0 aliphatic carbocycles. The van der Waals surface area contributed by atoms with Crippen molar-refractivity contribution in [2.45, 2.75) is 46.1 Å². The Bertz CT molecular complexity index is 300. The first-order valence-corrected chi connectivity index (χ1v) is 5.92. The Morgan fingerprint density at radius 3 is 2.00 bits per heavy atom. The van der Waals surface area contributed by atoms with E-state index in [4.69, 9.17) is 5.73 Å². The molecule has 1 rings (SSSR count). The summed E-state index contributed by atoms with van der Waals surface area (Å²) in [5.74, 6) is 0.468. The van der Waals surface area contributed by atoms with E-state index in [0.29, 0.717) is 5.92 Å². The molecule has 1 aromatic rings. The summed E-state index contributed by atoms with van der Waals surface area (Å²) in [7, 11) is 0. The Balaban J connectivity index is 3.03. The number of rotatable bonds is 4. The molecule has 0 spiro atoms. The molecule has 0 amide bonds. The highest BCUT2D eigenvalue weighted by atomic mass is 14.7. The van der Waals surface area contributed by atoms with E-state index in [9.17, 15) is 0 Å². The average Bonchev–Trinajstić information content (AvgIpc) is 2.28. The van der Waals surface area contributed by atoms with Gasteiger partial charge in [-0.1, -0.05) is 52.0 Å². The van der Waals surface area contributed by atoms with Gasteiger partial charge in [0, 0.05) is 5.54 Å². The van der Waals surface area contributed by atoms with Gasteiger partial charge in [-0.3, -0.25) is 0 Å². The molecule has 0 fully saturated rings. The van der Waals surface area contributed by atoms with Crippen LogP contribution < -0.4 is 5.73 Å². The summed E-state index contributed by atoms with van der Waals surface area (Å²) >= 11 is 0. The predicted molar refractivity (Wildman–Crippen MR) is 66.8 cm³/mol. The highest BCUT2D eigenvalue weighted by Crippen LogP contribution is 2.30. The maximum absolute atomic E-state index is 6.45. The van der Waals surface area contributed by atoms with Gasteiger partial charge in [-0.2, -0.15) is 0 Å². The minimum Gasteiger partial charge on any atom is -0.321 e. The van der Waals surface area contributed by atoms with Crippen molar-refractivity contribution in [3.05, 3.63) is 35.4 Å². The van der Waals surface area contributed by atoms with Crippen LogP contribution in [0.2, 0.25) is 0 Å². The predicted octanol–water partition coefficient (Wildman–Crippen LogP) is 3.47. The maximum Gasteiger partial charge on any atom is 0.0430 e. The normalized spacial score (nSPS) is 15.3. The quantitative estimate of drug-likeness (QED) is 0.800. The highest BCUT2D eigenvalue weighted by Gasteiger charge is 2.28. The first-order valence-electron chi connectivity index (χ1n) is 5.92. The minimum absolute atomic E-state index is 0.174. The molecule has 0 aromatic heterocycles. The smallest absolute Gasteiger partial charge is 0.0430 e. The zero-order chi connectivity index (χ0) is 11.5. The number of aryl methyl sites for hydroxylation is 1. The molecule has 1 heteroatoms. The third-order valence-corrected chi connectivity index (χ3v) is 3.51. The second kappa shape index (κ2) is 4.80. The first-order chi connectivity index (χ1) is 7.04. The van der Waals surface area contributed by atoms with E-state index in [1.807, 2.05) is 0 Å². The summed E-state index contributed by atoms with van der Waals surface area (Å²) in [6.45, 7) is 8.72. The summed E-state index contributed by atoms with van der Waals surface area (Å²) in [5, 5.41) is 0. The molecular weight excluding hydrogens is 182 g/mol. The van der Waals surface area contributed by atoms with Crippen LogP contribution in [0.1, 0.15) is 45.2 Å². The Kier molecular flexibility index (Phi) is 3.92. The van der Waals surface area contributed by atoms with Crippen LogP contribution in [0.3, 0.4) is 0 Å². The zero-order valence-corrected chi connectivity index (χ0v) is 10.4. The van der Waals surface area contributed by atoms with Crippen molar-refractivity contribution in [3.8, 4) is 0 Å². The number of hydrogen-bond donors (Lipinski definition) is 1. The lowest BCUT2D eigenvalue weighted by molar-refractivity contribution is 0.306. The lowest BCUT2D eigenvalue weighted by Gasteiger charge is -2.33. The molecule has 15 heavy (non-hydrogen) atoms. The number of benzene rings is 1. The molecule has 0 aliphatic heterocycles. The van der Waals surface area contributed by atoms with E-state index in [1.54, 1.807) is 0 Å². The Morgan fingerprint density at radius 1 is 1.13 bits per heavy atom. The van der Waals surface area contributed by atoms with Crippen molar-refractivity contribution in [3.63, 3.8) is 0 Å². The lowest BCUT2D eigenvalue weighted by Crippen LogP contribution is -2.41. The third kappa shape index (κ3) is 2.40. The van der Waals surface area contributed by atoms with Crippen molar-refractivity contribution in [2.75, 3.05) is 0 Å². The summed E-state index contributed by atoms with van der Waals surface area (Å²) in [6, 6.07) is 8.74. The van der Waals surface area contributed by atoms with Gasteiger partial charge >= 0.3 is 0 Å². The van der Waals surface area contributed by atoms with Crippen LogP contribution in [-0.4, -0.2) is 0 Å². The van der Waals surface area contributed by atoms with Crippen LogP contribution >= 0.6 is 0 Å². The second-order valence-electron chi connectivity index (χ2n) is 4.60. The van der Waals surface area contributed by atoms with Gasteiger partial charge < -0.3 is 5.73 Å². The largest absolute Gasteiger partial charge is 0.321 e. The fraction of sp³-hybridized carbons (Fsp3) is 0.571. The highest BCUT2D eigenvalue weighted by molar-refractivity contribution is 5.28. The van der Waals surface area contributed by atoms with Crippen LogP contribution in [0.5, 0.6) is 0 Å². The molecule has 84 valence electrons. The van der Waals surface area contributed by atoms with E-state index in [1.165, 1.54) is 11.1 Å². The monoisotopic (exact) mass is 205 g/mol. The van der Waals surface area contributed by atoms with E-state index in [-0.39, 0.29) is 5.54 Å². The van der Waals surface area contributed by atoms with Gasteiger partial charge in [-0.15, -0.1) is 0 Å². The van der Waals surface area contributed by atoms with Gasteiger partial charge in [0.25, 0.3) is 0 Å². The molecule has 0 radical (unpaired) electrons. The van der Waals surface area contributed by atoms with Crippen molar-refractivity contribution in [1.29, 1.82) is 0 Å². The maximum atomic E-state index is 6.45. The van der Waals surface area contributed by atoms with Crippen LogP contribution in [0, 0.1) is 5.92 Å². The number of nitrogens with two attached hydrogens (primary N) is 1. The number of hydrogen-bond acceptors (Lipinski definition) is 1. The van der Waals surface area contributed by atoms with Gasteiger partial charge in [0.05, 0.1) is 0 Å². The fourth-order valence-corrected chi connectivity index (χ4v) is 2.00. The van der Waals surface area contributed by atoms with Crippen molar-refractivity contribution in [1.82, 2.24) is 0 Å². The van der Waals surface area contributed by atoms with Crippen molar-refractivity contribution in [2.24, 2.45) is 11.7 Å². The topological polar surface area (TPSA) is 26.0 Å². The summed E-state index contributed by atoms with van der Waals surface area (Å²) in [6.07, 6.45) is 2.07. The van der Waals surface area contributed by atoms with Crippen LogP contribution in [0.15, 0.2) is 24.3 Å². The van der Waals surface area contributed by atoms with Gasteiger partial charge in [0.15, 0.2) is 0 Å². The molecule has 1 aromatic carbocycles. The van der Waals surface area contributed by atoms with Crippen LogP contribution in [0.4, 0.5) is 0 Å². The molecule has 0 aliphatic rings. The first kappa shape index (κ1) is 12.3. The van der Waals surface area contributed by atoms with E-state index >= 15 is 0 Å².